The number of methoxy groups -OCH3 is 1. The van der Waals surface area contributed by atoms with Gasteiger partial charge in [-0.2, -0.15) is 0 Å². The zero-order valence-corrected chi connectivity index (χ0v) is 12.3. The molecule has 2 amide bonds. The fraction of sp³-hybridized carbons (Fsp3) is 0.250. The van der Waals surface area contributed by atoms with Gasteiger partial charge in [-0.1, -0.05) is 22.0 Å². The Balaban J connectivity index is 2.37. The molecule has 0 bridgehead atoms. The van der Waals surface area contributed by atoms with Crippen LogP contribution in [0.2, 0.25) is 0 Å². The maximum absolute atomic E-state index is 12.2. The minimum absolute atomic E-state index is 0.0428. The molecular formula is C12H9BrN2O6. The average Bonchev–Trinajstić information content (AvgIpc) is 2.71. The number of alkyl halides is 1. The van der Waals surface area contributed by atoms with Gasteiger partial charge in [-0.05, 0) is 6.07 Å². The first-order valence-electron chi connectivity index (χ1n) is 5.74. The summed E-state index contributed by atoms with van der Waals surface area (Å²) in [5.74, 6) is -2.12. The maximum Gasteiger partial charge on any atom is 0.321 e. The van der Waals surface area contributed by atoms with E-state index in [-0.39, 0.29) is 17.7 Å². The molecule has 1 aliphatic rings. The molecule has 8 nitrogen and oxygen atoms in total. The molecule has 1 aromatic rings. The van der Waals surface area contributed by atoms with E-state index in [4.69, 9.17) is 0 Å². The molecule has 0 saturated heterocycles. The van der Waals surface area contributed by atoms with E-state index in [2.05, 4.69) is 20.7 Å². The second-order valence-corrected chi connectivity index (χ2v) is 5.27. The summed E-state index contributed by atoms with van der Waals surface area (Å²) in [5, 5.41) is 10.9. The number of fused-ring (bicyclic) bond motifs is 1. The van der Waals surface area contributed by atoms with E-state index in [0.717, 1.165) is 11.0 Å². The Bertz CT molecular complexity index is 659. The van der Waals surface area contributed by atoms with E-state index < -0.39 is 33.2 Å². The molecule has 0 saturated carbocycles. The molecule has 1 unspecified atom stereocenters. The highest BCUT2D eigenvalue weighted by atomic mass is 79.9. The number of hydrogen-bond acceptors (Lipinski definition) is 6. The van der Waals surface area contributed by atoms with E-state index in [0.29, 0.717) is 0 Å². The van der Waals surface area contributed by atoms with Crippen molar-refractivity contribution in [2.45, 2.75) is 4.83 Å². The third kappa shape index (κ3) is 2.51. The smallest absolute Gasteiger partial charge is 0.321 e. The molecule has 1 heterocycles. The number of benzene rings is 1. The van der Waals surface area contributed by atoms with Gasteiger partial charge in [0.25, 0.3) is 17.5 Å². The predicted molar refractivity (Wildman–Crippen MR) is 73.2 cm³/mol. The van der Waals surface area contributed by atoms with E-state index in [1.54, 1.807) is 0 Å². The lowest BCUT2D eigenvalue weighted by molar-refractivity contribution is -0.385. The number of rotatable bonds is 4. The van der Waals surface area contributed by atoms with Gasteiger partial charge in [0, 0.05) is 6.07 Å². The molecule has 1 aromatic carbocycles. The van der Waals surface area contributed by atoms with E-state index in [1.165, 1.54) is 19.2 Å². The van der Waals surface area contributed by atoms with Gasteiger partial charge >= 0.3 is 5.97 Å². The Morgan fingerprint density at radius 1 is 1.43 bits per heavy atom. The molecule has 0 fully saturated rings. The van der Waals surface area contributed by atoms with Gasteiger partial charge in [0.1, 0.15) is 10.4 Å². The molecule has 0 N–H and O–H groups in total. The fourth-order valence-electron chi connectivity index (χ4n) is 2.00. The second kappa shape index (κ2) is 5.60. The van der Waals surface area contributed by atoms with Crippen LogP contribution in [-0.4, -0.2) is 46.1 Å². The number of carbonyl (C=O) groups excluding carboxylic acids is 3. The summed E-state index contributed by atoms with van der Waals surface area (Å²) in [6.45, 7) is -0.268. The minimum Gasteiger partial charge on any atom is -0.468 e. The van der Waals surface area contributed by atoms with E-state index in [1.807, 2.05) is 0 Å². The molecule has 9 heteroatoms. The Labute approximate surface area is 126 Å². The van der Waals surface area contributed by atoms with Crippen LogP contribution in [0.1, 0.15) is 20.7 Å². The number of carbonyl (C=O) groups is 3. The number of amides is 2. The largest absolute Gasteiger partial charge is 0.468 e. The number of nitro benzene ring substituents is 1. The van der Waals surface area contributed by atoms with Crippen molar-refractivity contribution >= 4 is 39.4 Å². The quantitative estimate of drug-likeness (QED) is 0.263. The number of ether oxygens (including phenoxy) is 1. The first-order valence-corrected chi connectivity index (χ1v) is 6.65. The highest BCUT2D eigenvalue weighted by Crippen LogP contribution is 2.31. The summed E-state index contributed by atoms with van der Waals surface area (Å²) >= 11 is 3.01. The van der Waals surface area contributed by atoms with Crippen molar-refractivity contribution in [3.63, 3.8) is 0 Å². The molecule has 0 aliphatic carbocycles. The molecule has 1 aliphatic heterocycles. The summed E-state index contributed by atoms with van der Waals surface area (Å²) in [7, 11) is 1.17. The number of nitro groups is 1. The first-order chi connectivity index (χ1) is 9.88. The van der Waals surface area contributed by atoms with Gasteiger partial charge < -0.3 is 4.74 Å². The predicted octanol–water partition coefficient (Wildman–Crippen LogP) is 1.13. The van der Waals surface area contributed by atoms with Gasteiger partial charge in [0.05, 0.1) is 24.1 Å². The standard InChI is InChI=1S/C12H9BrN2O6/c1-21-12(18)7(13)5-14-10(16)6-3-2-4-8(15(19)20)9(6)11(14)17/h2-4,7H,5H2,1H3. The first kappa shape index (κ1) is 15.1. The van der Waals surface area contributed by atoms with Gasteiger partial charge in [-0.25, -0.2) is 0 Å². The van der Waals surface area contributed by atoms with Crippen molar-refractivity contribution in [2.75, 3.05) is 13.7 Å². The van der Waals surface area contributed by atoms with E-state index in [9.17, 15) is 24.5 Å². The van der Waals surface area contributed by atoms with Crippen molar-refractivity contribution in [2.24, 2.45) is 0 Å². The summed E-state index contributed by atoms with van der Waals surface area (Å²) < 4.78 is 4.49. The van der Waals surface area contributed by atoms with Gasteiger partial charge in [0.15, 0.2) is 0 Å². The summed E-state index contributed by atoms with van der Waals surface area (Å²) in [5.41, 5.74) is -0.728. The molecule has 0 aromatic heterocycles. The van der Waals surface area contributed by atoms with Crippen LogP contribution in [0.5, 0.6) is 0 Å². The van der Waals surface area contributed by atoms with Crippen LogP contribution in [-0.2, 0) is 9.53 Å². The van der Waals surface area contributed by atoms with Gasteiger partial charge in [-0.15, -0.1) is 0 Å². The Kier molecular flexibility index (Phi) is 4.03. The molecule has 21 heavy (non-hydrogen) atoms. The normalized spacial score (nSPS) is 14.9. The van der Waals surface area contributed by atoms with Crippen molar-refractivity contribution in [1.29, 1.82) is 0 Å². The minimum atomic E-state index is -0.899. The average molecular weight is 357 g/mol. The van der Waals surface area contributed by atoms with Crippen LogP contribution < -0.4 is 0 Å². The van der Waals surface area contributed by atoms with Gasteiger partial charge in [0.2, 0.25) is 0 Å². The third-order valence-electron chi connectivity index (χ3n) is 2.97. The van der Waals surface area contributed by atoms with Crippen molar-refractivity contribution in [1.82, 2.24) is 4.90 Å². The number of nitrogens with zero attached hydrogens (tertiary/aromatic N) is 2. The van der Waals surface area contributed by atoms with Crippen LogP contribution in [0.15, 0.2) is 18.2 Å². The Morgan fingerprint density at radius 2 is 2.10 bits per heavy atom. The number of halogens is 1. The summed E-state index contributed by atoms with van der Waals surface area (Å²) in [4.78, 5) is 45.8. The molecular weight excluding hydrogens is 348 g/mol. The van der Waals surface area contributed by atoms with Crippen LogP contribution in [0.3, 0.4) is 0 Å². The highest BCUT2D eigenvalue weighted by molar-refractivity contribution is 9.10. The molecule has 0 radical (unpaired) electrons. The molecule has 110 valence electrons. The van der Waals surface area contributed by atoms with E-state index >= 15 is 0 Å². The van der Waals surface area contributed by atoms with Crippen LogP contribution in [0.25, 0.3) is 0 Å². The van der Waals surface area contributed by atoms with Crippen LogP contribution >= 0.6 is 15.9 Å². The van der Waals surface area contributed by atoms with Crippen molar-refractivity contribution in [3.05, 3.63) is 39.4 Å². The molecule has 1 atom stereocenters. The summed E-state index contributed by atoms with van der Waals surface area (Å²) in [6, 6.07) is 3.82. The Morgan fingerprint density at radius 3 is 2.67 bits per heavy atom. The number of esters is 1. The third-order valence-corrected chi connectivity index (χ3v) is 3.64. The van der Waals surface area contributed by atoms with Crippen molar-refractivity contribution in [3.8, 4) is 0 Å². The number of hydrogen-bond donors (Lipinski definition) is 0. The fourth-order valence-corrected chi connectivity index (χ4v) is 2.47. The topological polar surface area (TPSA) is 107 Å². The Hall–Kier alpha value is -2.29. The van der Waals surface area contributed by atoms with Crippen LogP contribution in [0.4, 0.5) is 5.69 Å². The van der Waals surface area contributed by atoms with Crippen molar-refractivity contribution < 1.29 is 24.0 Å². The second-order valence-electron chi connectivity index (χ2n) is 4.17. The lowest BCUT2D eigenvalue weighted by Gasteiger charge is -2.16. The lowest BCUT2D eigenvalue weighted by atomic mass is 10.1. The zero-order chi connectivity index (χ0) is 15.7. The maximum atomic E-state index is 12.2. The molecule has 2 rings (SSSR count). The van der Waals surface area contributed by atoms with Crippen LogP contribution in [0, 0.1) is 10.1 Å². The highest BCUT2D eigenvalue weighted by Gasteiger charge is 2.42. The number of imide groups is 1. The van der Waals surface area contributed by atoms with Gasteiger partial charge in [-0.3, -0.25) is 29.4 Å². The molecule has 0 spiro atoms. The lowest BCUT2D eigenvalue weighted by Crippen LogP contribution is -2.38. The summed E-state index contributed by atoms with van der Waals surface area (Å²) in [6.07, 6.45) is 0. The SMILES string of the molecule is COC(=O)C(Br)CN1C(=O)c2cccc([N+](=O)[O-])c2C1=O. The zero-order valence-electron chi connectivity index (χ0n) is 10.7. The monoisotopic (exact) mass is 356 g/mol.